The van der Waals surface area contributed by atoms with Crippen molar-refractivity contribution in [2.75, 3.05) is 19.6 Å². The average molecular weight is 670 g/mol. The van der Waals surface area contributed by atoms with Gasteiger partial charge < -0.3 is 9.64 Å². The summed E-state index contributed by atoms with van der Waals surface area (Å²) in [4.78, 5) is 15.1. The lowest BCUT2D eigenvalue weighted by molar-refractivity contribution is -0.150. The minimum atomic E-state index is 0.0111. The molecule has 0 bridgehead atoms. The van der Waals surface area contributed by atoms with Gasteiger partial charge >= 0.3 is 5.97 Å². The van der Waals surface area contributed by atoms with Crippen LogP contribution < -0.4 is 0 Å². The third-order valence-electron chi connectivity index (χ3n) is 9.44. The third kappa shape index (κ3) is 35.7. The lowest BCUT2D eigenvalue weighted by atomic mass is 10.0. The Balaban J connectivity index is 4.17. The van der Waals surface area contributed by atoms with Gasteiger partial charge in [0.05, 0.1) is 0 Å². The van der Waals surface area contributed by atoms with Crippen molar-refractivity contribution in [2.45, 2.75) is 214 Å². The van der Waals surface area contributed by atoms with Crippen LogP contribution in [0.4, 0.5) is 0 Å². The molecule has 0 aliphatic carbocycles. The third-order valence-corrected chi connectivity index (χ3v) is 9.44. The van der Waals surface area contributed by atoms with Crippen LogP contribution in [-0.2, 0) is 9.53 Å². The number of hydrogen-bond acceptors (Lipinski definition) is 3. The molecule has 0 N–H and O–H groups in total. The molecular weight excluding hydrogens is 587 g/mol. The molecule has 3 heteroatoms. The van der Waals surface area contributed by atoms with Gasteiger partial charge in [-0.3, -0.25) is 4.79 Å². The number of allylic oxidation sites excluding steroid dienone is 8. The van der Waals surface area contributed by atoms with Gasteiger partial charge in [0.2, 0.25) is 0 Å². The van der Waals surface area contributed by atoms with Crippen molar-refractivity contribution >= 4 is 5.97 Å². The Labute approximate surface area is 301 Å². The van der Waals surface area contributed by atoms with E-state index in [0.29, 0.717) is 6.42 Å². The summed E-state index contributed by atoms with van der Waals surface area (Å²) in [6.07, 6.45) is 52.9. The van der Waals surface area contributed by atoms with Crippen LogP contribution >= 0.6 is 0 Å². The molecule has 0 atom stereocenters. The summed E-state index contributed by atoms with van der Waals surface area (Å²) in [5.74, 6) is 0.0111. The largest absolute Gasteiger partial charge is 0.462 e. The van der Waals surface area contributed by atoms with Crippen molar-refractivity contribution in [2.24, 2.45) is 0 Å². The monoisotopic (exact) mass is 670 g/mol. The SMILES string of the molecule is CCCCC/C=C\CCCC/C=C\CCCCCC(CCCCC/C=C\CCCC/C=C\CCCCC)OC(=O)CCCN(CC)CC. The molecule has 0 spiro atoms. The minimum Gasteiger partial charge on any atom is -0.462 e. The van der Waals surface area contributed by atoms with Gasteiger partial charge in [-0.25, -0.2) is 0 Å². The Morgan fingerprint density at radius 1 is 0.458 bits per heavy atom. The van der Waals surface area contributed by atoms with Crippen LogP contribution in [0.1, 0.15) is 207 Å². The van der Waals surface area contributed by atoms with Crippen molar-refractivity contribution in [1.82, 2.24) is 4.90 Å². The molecule has 0 aliphatic rings. The number of ether oxygens (including phenoxy) is 1. The second-order valence-corrected chi connectivity index (χ2v) is 14.0. The molecule has 0 amide bonds. The first-order valence-electron chi connectivity index (χ1n) is 21.2. The van der Waals surface area contributed by atoms with Crippen LogP contribution in [0.5, 0.6) is 0 Å². The van der Waals surface area contributed by atoms with Gasteiger partial charge in [-0.15, -0.1) is 0 Å². The Morgan fingerprint density at radius 3 is 1.12 bits per heavy atom. The van der Waals surface area contributed by atoms with Gasteiger partial charge in [-0.05, 0) is 154 Å². The molecular formula is C45H83NO2. The van der Waals surface area contributed by atoms with Crippen molar-refractivity contribution in [1.29, 1.82) is 0 Å². The number of esters is 1. The minimum absolute atomic E-state index is 0.0111. The zero-order valence-electron chi connectivity index (χ0n) is 32.9. The molecule has 0 heterocycles. The van der Waals surface area contributed by atoms with E-state index in [4.69, 9.17) is 4.74 Å². The second kappa shape index (κ2) is 39.8. The highest BCUT2D eigenvalue weighted by molar-refractivity contribution is 5.69. The maximum Gasteiger partial charge on any atom is 0.306 e. The molecule has 0 aromatic rings. The quantitative estimate of drug-likeness (QED) is 0.0374. The number of carbonyl (C=O) groups is 1. The summed E-state index contributed by atoms with van der Waals surface area (Å²) in [5, 5.41) is 0. The van der Waals surface area contributed by atoms with Crippen molar-refractivity contribution in [3.05, 3.63) is 48.6 Å². The fraction of sp³-hybridized carbons (Fsp3) is 0.800. The van der Waals surface area contributed by atoms with Gasteiger partial charge in [0.15, 0.2) is 0 Å². The fourth-order valence-corrected chi connectivity index (χ4v) is 6.13. The molecule has 0 aromatic carbocycles. The smallest absolute Gasteiger partial charge is 0.306 e. The van der Waals surface area contributed by atoms with Crippen LogP contribution in [0, 0.1) is 0 Å². The highest BCUT2D eigenvalue weighted by Gasteiger charge is 2.14. The molecule has 0 radical (unpaired) electrons. The number of carbonyl (C=O) groups excluding carboxylic acids is 1. The van der Waals surface area contributed by atoms with E-state index in [1.54, 1.807) is 0 Å². The zero-order chi connectivity index (χ0) is 35.0. The van der Waals surface area contributed by atoms with Crippen molar-refractivity contribution < 1.29 is 9.53 Å². The normalized spacial score (nSPS) is 12.4. The highest BCUT2D eigenvalue weighted by Crippen LogP contribution is 2.17. The summed E-state index contributed by atoms with van der Waals surface area (Å²) in [6.45, 7) is 12.0. The number of hydrogen-bond donors (Lipinski definition) is 0. The van der Waals surface area contributed by atoms with Gasteiger partial charge in [0.25, 0.3) is 0 Å². The summed E-state index contributed by atoms with van der Waals surface area (Å²) in [5.41, 5.74) is 0. The maximum atomic E-state index is 12.7. The van der Waals surface area contributed by atoms with Crippen molar-refractivity contribution in [3.8, 4) is 0 Å². The summed E-state index contributed by atoms with van der Waals surface area (Å²) < 4.78 is 6.05. The van der Waals surface area contributed by atoms with E-state index >= 15 is 0 Å². The maximum absolute atomic E-state index is 12.7. The molecule has 0 fully saturated rings. The Morgan fingerprint density at radius 2 is 0.792 bits per heavy atom. The topological polar surface area (TPSA) is 29.5 Å². The standard InChI is InChI=1S/C45H83NO2/c1-5-9-11-13-15-17-19-21-23-25-27-29-31-33-35-37-40-44(48-45(47)42-39-43-46(7-3)8-4)41-38-36-34-32-30-28-26-24-22-20-18-16-14-12-10-6-2/h15-18,27-30,44H,5-14,19-26,31-43H2,1-4H3/b17-15-,18-16-,29-27-,30-28-. The van der Waals surface area contributed by atoms with Crippen LogP contribution in [0.3, 0.4) is 0 Å². The van der Waals surface area contributed by atoms with E-state index in [-0.39, 0.29) is 12.1 Å². The molecule has 0 saturated heterocycles. The van der Waals surface area contributed by atoms with E-state index in [1.807, 2.05) is 0 Å². The van der Waals surface area contributed by atoms with Gasteiger partial charge in [-0.2, -0.15) is 0 Å². The molecule has 3 nitrogen and oxygen atoms in total. The zero-order valence-corrected chi connectivity index (χ0v) is 32.9. The first-order chi connectivity index (χ1) is 23.7. The van der Waals surface area contributed by atoms with E-state index in [9.17, 15) is 4.79 Å². The molecule has 0 aromatic heterocycles. The summed E-state index contributed by atoms with van der Waals surface area (Å²) in [6, 6.07) is 0. The first kappa shape index (κ1) is 46.4. The first-order valence-corrected chi connectivity index (χ1v) is 21.2. The van der Waals surface area contributed by atoms with Gasteiger partial charge in [-0.1, -0.05) is 115 Å². The lowest BCUT2D eigenvalue weighted by Gasteiger charge is -2.20. The Hall–Kier alpha value is -1.61. The van der Waals surface area contributed by atoms with E-state index in [0.717, 1.165) is 51.7 Å². The number of unbranched alkanes of at least 4 members (excludes halogenated alkanes) is 18. The van der Waals surface area contributed by atoms with E-state index in [1.165, 1.54) is 141 Å². The van der Waals surface area contributed by atoms with Gasteiger partial charge in [0, 0.05) is 6.42 Å². The summed E-state index contributed by atoms with van der Waals surface area (Å²) >= 11 is 0. The Bertz CT molecular complexity index is 715. The van der Waals surface area contributed by atoms with Crippen molar-refractivity contribution in [3.63, 3.8) is 0 Å². The number of rotatable bonds is 37. The van der Waals surface area contributed by atoms with Crippen LogP contribution in [0.25, 0.3) is 0 Å². The molecule has 280 valence electrons. The molecule has 48 heavy (non-hydrogen) atoms. The predicted octanol–water partition coefficient (Wildman–Crippen LogP) is 14.4. The van der Waals surface area contributed by atoms with Gasteiger partial charge in [0.1, 0.15) is 6.10 Å². The van der Waals surface area contributed by atoms with Crippen LogP contribution in [0.15, 0.2) is 48.6 Å². The van der Waals surface area contributed by atoms with E-state index in [2.05, 4.69) is 81.2 Å². The molecule has 0 saturated carbocycles. The summed E-state index contributed by atoms with van der Waals surface area (Å²) in [7, 11) is 0. The highest BCUT2D eigenvalue weighted by atomic mass is 16.5. The van der Waals surface area contributed by atoms with Crippen LogP contribution in [-0.4, -0.2) is 36.6 Å². The fourth-order valence-electron chi connectivity index (χ4n) is 6.13. The molecule has 0 rings (SSSR count). The van der Waals surface area contributed by atoms with Crippen LogP contribution in [0.2, 0.25) is 0 Å². The molecule has 0 unspecified atom stereocenters. The Kier molecular flexibility index (Phi) is 38.5. The second-order valence-electron chi connectivity index (χ2n) is 14.0. The average Bonchev–Trinajstić information content (AvgIpc) is 3.09. The predicted molar refractivity (Wildman–Crippen MR) is 215 cm³/mol. The van der Waals surface area contributed by atoms with E-state index < -0.39 is 0 Å². The lowest BCUT2D eigenvalue weighted by Crippen LogP contribution is -2.25. The molecule has 0 aliphatic heterocycles. The number of nitrogens with zero attached hydrogens (tertiary/aromatic N) is 1.